The molecule has 9 nitrogen and oxygen atoms in total. The number of anilines is 1. The number of ether oxygens (including phenoxy) is 2. The SMILES string of the molecule is CNC(=O)[C@@H](Cc1ccccc1)N(Cc1cccc(C)c1)C(=O)CN(c1ccc2c(c1)OCCO2)S(C)(=O)=O. The Morgan fingerprint density at radius 2 is 1.62 bits per heavy atom. The van der Waals surface area contributed by atoms with Crippen LogP contribution in [0.4, 0.5) is 5.69 Å². The minimum Gasteiger partial charge on any atom is -0.486 e. The summed E-state index contributed by atoms with van der Waals surface area (Å²) in [5.74, 6) is 0.0589. The number of sulfonamides is 1. The van der Waals surface area contributed by atoms with E-state index in [1.807, 2.05) is 61.5 Å². The number of hydrogen-bond donors (Lipinski definition) is 1. The molecule has 1 aliphatic rings. The molecule has 1 heterocycles. The molecule has 3 aromatic rings. The minimum atomic E-state index is -3.87. The van der Waals surface area contributed by atoms with E-state index < -0.39 is 28.5 Å². The first kappa shape index (κ1) is 28.0. The lowest BCUT2D eigenvalue weighted by Gasteiger charge is -2.33. The van der Waals surface area contributed by atoms with Crippen LogP contribution < -0.4 is 19.1 Å². The number of fused-ring (bicyclic) bond motifs is 1. The molecule has 39 heavy (non-hydrogen) atoms. The van der Waals surface area contributed by atoms with Crippen molar-refractivity contribution < 1.29 is 27.5 Å². The van der Waals surface area contributed by atoms with Gasteiger partial charge in [-0.3, -0.25) is 13.9 Å². The number of amides is 2. The molecule has 0 spiro atoms. The molecule has 0 radical (unpaired) electrons. The van der Waals surface area contributed by atoms with Gasteiger partial charge >= 0.3 is 0 Å². The molecule has 0 aliphatic carbocycles. The Morgan fingerprint density at radius 1 is 0.923 bits per heavy atom. The molecule has 0 aromatic heterocycles. The summed E-state index contributed by atoms with van der Waals surface area (Å²) in [6.45, 7) is 2.32. The fourth-order valence-corrected chi connectivity index (χ4v) is 5.37. The van der Waals surface area contributed by atoms with Crippen LogP contribution in [0.2, 0.25) is 0 Å². The predicted molar refractivity (Wildman–Crippen MR) is 149 cm³/mol. The standard InChI is InChI=1S/C29H33N3O6S/c1-21-8-7-11-23(16-21)19-31(25(29(34)30-2)17-22-9-5-4-6-10-22)28(33)20-32(39(3,35)36)24-12-13-26-27(18-24)38-15-14-37-26/h4-13,16,18,25H,14-15,17,19-20H2,1-3H3,(H,30,34)/t25-/m1/s1. The Kier molecular flexibility index (Phi) is 8.75. The van der Waals surface area contributed by atoms with E-state index in [9.17, 15) is 18.0 Å². The van der Waals surface area contributed by atoms with Crippen molar-refractivity contribution in [1.29, 1.82) is 0 Å². The van der Waals surface area contributed by atoms with E-state index in [0.29, 0.717) is 24.7 Å². The molecule has 206 valence electrons. The molecule has 0 fully saturated rings. The van der Waals surface area contributed by atoms with Gasteiger partial charge in [-0.15, -0.1) is 0 Å². The van der Waals surface area contributed by atoms with Crippen LogP contribution in [-0.2, 0) is 32.6 Å². The van der Waals surface area contributed by atoms with Gasteiger partial charge < -0.3 is 19.7 Å². The molecule has 0 bridgehead atoms. The van der Waals surface area contributed by atoms with Gasteiger partial charge in [-0.05, 0) is 30.2 Å². The highest BCUT2D eigenvalue weighted by Crippen LogP contribution is 2.34. The van der Waals surface area contributed by atoms with Crippen molar-refractivity contribution in [3.8, 4) is 11.5 Å². The van der Waals surface area contributed by atoms with Crippen molar-refractivity contribution in [2.45, 2.75) is 25.9 Å². The summed E-state index contributed by atoms with van der Waals surface area (Å²) in [5, 5.41) is 2.67. The average Bonchev–Trinajstić information content (AvgIpc) is 2.92. The first-order valence-electron chi connectivity index (χ1n) is 12.6. The van der Waals surface area contributed by atoms with Crippen molar-refractivity contribution in [1.82, 2.24) is 10.2 Å². The van der Waals surface area contributed by atoms with Gasteiger partial charge in [0.1, 0.15) is 25.8 Å². The van der Waals surface area contributed by atoms with Crippen molar-refractivity contribution in [3.63, 3.8) is 0 Å². The number of hydrogen-bond acceptors (Lipinski definition) is 6. The largest absolute Gasteiger partial charge is 0.486 e. The maximum Gasteiger partial charge on any atom is 0.244 e. The molecule has 1 atom stereocenters. The zero-order valence-corrected chi connectivity index (χ0v) is 23.1. The first-order chi connectivity index (χ1) is 18.7. The lowest BCUT2D eigenvalue weighted by atomic mass is 10.0. The summed E-state index contributed by atoms with van der Waals surface area (Å²) in [6, 6.07) is 20.9. The first-order valence-corrected chi connectivity index (χ1v) is 14.5. The Balaban J connectivity index is 1.71. The third-order valence-electron chi connectivity index (χ3n) is 6.45. The second-order valence-corrected chi connectivity index (χ2v) is 11.3. The van der Waals surface area contributed by atoms with Gasteiger partial charge in [0.05, 0.1) is 11.9 Å². The monoisotopic (exact) mass is 551 g/mol. The van der Waals surface area contributed by atoms with Crippen LogP contribution in [0.25, 0.3) is 0 Å². The molecular weight excluding hydrogens is 518 g/mol. The van der Waals surface area contributed by atoms with Crippen molar-refractivity contribution >= 4 is 27.5 Å². The average molecular weight is 552 g/mol. The van der Waals surface area contributed by atoms with Gasteiger partial charge in [-0.2, -0.15) is 0 Å². The number of carbonyl (C=O) groups excluding carboxylic acids is 2. The lowest BCUT2D eigenvalue weighted by molar-refractivity contribution is -0.139. The smallest absolute Gasteiger partial charge is 0.244 e. The van der Waals surface area contributed by atoms with Gasteiger partial charge in [-0.1, -0.05) is 60.2 Å². The van der Waals surface area contributed by atoms with Gasteiger partial charge in [0.25, 0.3) is 0 Å². The van der Waals surface area contributed by atoms with E-state index in [0.717, 1.165) is 27.3 Å². The topological polar surface area (TPSA) is 105 Å². The van der Waals surface area contributed by atoms with Gasteiger partial charge in [0.2, 0.25) is 21.8 Å². The van der Waals surface area contributed by atoms with Gasteiger partial charge in [0.15, 0.2) is 11.5 Å². The fourth-order valence-electron chi connectivity index (χ4n) is 4.53. The molecular formula is C29H33N3O6S. The van der Waals surface area contributed by atoms with Crippen LogP contribution in [0.15, 0.2) is 72.8 Å². The number of nitrogens with zero attached hydrogens (tertiary/aromatic N) is 2. The molecule has 3 aromatic carbocycles. The Hall–Kier alpha value is -4.05. The quantitative estimate of drug-likeness (QED) is 0.416. The van der Waals surface area contributed by atoms with Crippen LogP contribution in [0.3, 0.4) is 0 Å². The highest BCUT2D eigenvalue weighted by atomic mass is 32.2. The van der Waals surface area contributed by atoms with Crippen LogP contribution in [-0.4, -0.2) is 64.2 Å². The second-order valence-electron chi connectivity index (χ2n) is 9.43. The number of benzene rings is 3. The van der Waals surface area contributed by atoms with E-state index in [4.69, 9.17) is 9.47 Å². The summed E-state index contributed by atoms with van der Waals surface area (Å²) < 4.78 is 38.0. The number of likely N-dealkylation sites (N-methyl/N-ethyl adjacent to an activating group) is 1. The number of aryl methyl sites for hydroxylation is 1. The maximum absolute atomic E-state index is 14.0. The Labute approximate surface area is 229 Å². The Bertz CT molecular complexity index is 1430. The lowest BCUT2D eigenvalue weighted by Crippen LogP contribution is -2.52. The highest BCUT2D eigenvalue weighted by Gasteiger charge is 2.33. The molecule has 4 rings (SSSR count). The van der Waals surface area contributed by atoms with E-state index in [1.54, 1.807) is 18.2 Å². The van der Waals surface area contributed by atoms with E-state index in [1.165, 1.54) is 11.9 Å². The maximum atomic E-state index is 14.0. The third-order valence-corrected chi connectivity index (χ3v) is 7.59. The zero-order valence-electron chi connectivity index (χ0n) is 22.3. The van der Waals surface area contributed by atoms with E-state index >= 15 is 0 Å². The number of rotatable bonds is 10. The van der Waals surface area contributed by atoms with Crippen LogP contribution in [0.1, 0.15) is 16.7 Å². The molecule has 2 amide bonds. The Morgan fingerprint density at radius 3 is 2.28 bits per heavy atom. The summed E-state index contributed by atoms with van der Waals surface area (Å²) in [5.41, 5.74) is 2.98. The molecule has 0 unspecified atom stereocenters. The van der Waals surface area contributed by atoms with Gasteiger partial charge in [-0.25, -0.2) is 8.42 Å². The molecule has 1 aliphatic heterocycles. The predicted octanol–water partition coefficient (Wildman–Crippen LogP) is 2.92. The van der Waals surface area contributed by atoms with Crippen LogP contribution in [0, 0.1) is 6.92 Å². The second kappa shape index (κ2) is 12.2. The number of nitrogens with one attached hydrogen (secondary N) is 1. The summed E-state index contributed by atoms with van der Waals surface area (Å²) >= 11 is 0. The van der Waals surface area contributed by atoms with Crippen LogP contribution >= 0.6 is 0 Å². The van der Waals surface area contributed by atoms with Crippen LogP contribution in [0.5, 0.6) is 11.5 Å². The van der Waals surface area contributed by atoms with Crippen molar-refractivity contribution in [2.75, 3.05) is 37.4 Å². The minimum absolute atomic E-state index is 0.129. The molecule has 0 saturated heterocycles. The molecule has 1 N–H and O–H groups in total. The van der Waals surface area contributed by atoms with E-state index in [2.05, 4.69) is 5.32 Å². The fraction of sp³-hybridized carbons (Fsp3) is 0.310. The molecule has 10 heteroatoms. The summed E-state index contributed by atoms with van der Waals surface area (Å²) in [6.07, 6.45) is 1.31. The highest BCUT2D eigenvalue weighted by molar-refractivity contribution is 7.92. The number of carbonyl (C=O) groups is 2. The summed E-state index contributed by atoms with van der Waals surface area (Å²) in [7, 11) is -2.35. The zero-order chi connectivity index (χ0) is 28.0. The van der Waals surface area contributed by atoms with E-state index in [-0.39, 0.29) is 24.6 Å². The third kappa shape index (κ3) is 7.08. The summed E-state index contributed by atoms with van der Waals surface area (Å²) in [4.78, 5) is 28.6. The molecule has 0 saturated carbocycles. The van der Waals surface area contributed by atoms with Crippen molar-refractivity contribution in [2.24, 2.45) is 0 Å². The van der Waals surface area contributed by atoms with Gasteiger partial charge in [0, 0.05) is 26.1 Å². The van der Waals surface area contributed by atoms with Crippen molar-refractivity contribution in [3.05, 3.63) is 89.5 Å². The normalized spacial score (nSPS) is 13.3.